The Balaban J connectivity index is 2.22. The Kier molecular flexibility index (Phi) is 6.56. The summed E-state index contributed by atoms with van der Waals surface area (Å²) in [5.41, 5.74) is 0. The summed E-state index contributed by atoms with van der Waals surface area (Å²) in [5, 5.41) is 6.22. The molecule has 2 unspecified atom stereocenters. The minimum absolute atomic E-state index is 0.124. The van der Waals surface area contributed by atoms with E-state index in [0.717, 1.165) is 18.4 Å². The number of hydrogen-bond donors (Lipinski definition) is 2. The molecule has 3 heteroatoms. The summed E-state index contributed by atoms with van der Waals surface area (Å²) in [6.45, 7) is 7.75. The van der Waals surface area contributed by atoms with Gasteiger partial charge < -0.3 is 10.6 Å². The summed E-state index contributed by atoms with van der Waals surface area (Å²) in [4.78, 5) is 11.4. The van der Waals surface area contributed by atoms with Gasteiger partial charge in [-0.3, -0.25) is 4.79 Å². The van der Waals surface area contributed by atoms with Crippen molar-refractivity contribution in [1.82, 2.24) is 10.6 Å². The molecule has 0 radical (unpaired) electrons. The topological polar surface area (TPSA) is 41.1 Å². The van der Waals surface area contributed by atoms with Crippen LogP contribution in [0.5, 0.6) is 0 Å². The number of nitrogens with one attached hydrogen (secondary N) is 2. The largest absolute Gasteiger partial charge is 0.355 e. The van der Waals surface area contributed by atoms with E-state index in [2.05, 4.69) is 24.5 Å². The molecule has 0 spiro atoms. The highest BCUT2D eigenvalue weighted by Gasteiger charge is 2.22. The molecule has 0 heterocycles. The lowest BCUT2D eigenvalue weighted by molar-refractivity contribution is -0.120. The number of carbonyl (C=O) groups excluding carboxylic acids is 1. The highest BCUT2D eigenvalue weighted by molar-refractivity contribution is 5.77. The summed E-state index contributed by atoms with van der Waals surface area (Å²) >= 11 is 0. The molecule has 1 rings (SSSR count). The summed E-state index contributed by atoms with van der Waals surface area (Å²) in [5.74, 6) is 1.77. The molecule has 0 bridgehead atoms. The van der Waals surface area contributed by atoms with Crippen LogP contribution in [0.1, 0.15) is 52.9 Å². The van der Waals surface area contributed by atoms with Gasteiger partial charge in [-0.05, 0) is 38.0 Å². The number of amides is 1. The Morgan fingerprint density at radius 3 is 2.76 bits per heavy atom. The molecule has 1 fully saturated rings. The zero-order valence-electron chi connectivity index (χ0n) is 11.6. The molecule has 17 heavy (non-hydrogen) atoms. The quantitative estimate of drug-likeness (QED) is 0.748. The molecule has 2 N–H and O–H groups in total. The Morgan fingerprint density at radius 1 is 1.35 bits per heavy atom. The van der Waals surface area contributed by atoms with Crippen LogP contribution < -0.4 is 10.6 Å². The number of rotatable bonds is 6. The molecule has 0 aliphatic heterocycles. The molecule has 1 aliphatic rings. The maximum Gasteiger partial charge on any atom is 0.233 e. The van der Waals surface area contributed by atoms with Crippen LogP contribution in [-0.2, 0) is 4.79 Å². The van der Waals surface area contributed by atoms with Crippen molar-refractivity contribution < 1.29 is 4.79 Å². The zero-order valence-corrected chi connectivity index (χ0v) is 11.6. The Hall–Kier alpha value is -0.570. The van der Waals surface area contributed by atoms with Crippen LogP contribution in [0, 0.1) is 11.8 Å². The van der Waals surface area contributed by atoms with Crippen molar-refractivity contribution in [2.24, 2.45) is 11.8 Å². The van der Waals surface area contributed by atoms with Crippen molar-refractivity contribution in [3.8, 4) is 0 Å². The van der Waals surface area contributed by atoms with E-state index in [1.54, 1.807) is 0 Å². The first-order chi connectivity index (χ1) is 8.11. The van der Waals surface area contributed by atoms with E-state index >= 15 is 0 Å². The van der Waals surface area contributed by atoms with Crippen LogP contribution in [0.2, 0.25) is 0 Å². The van der Waals surface area contributed by atoms with E-state index in [0.29, 0.717) is 12.6 Å². The standard InChI is InChI=1S/C14H28N2O/c1-4-15-14(17)10-16-13-7-5-6-12(9-13)8-11(2)3/h11-13,16H,4-10H2,1-3H3,(H,15,17). The van der Waals surface area contributed by atoms with Crippen molar-refractivity contribution >= 4 is 5.91 Å². The van der Waals surface area contributed by atoms with Crippen molar-refractivity contribution in [2.45, 2.75) is 58.9 Å². The lowest BCUT2D eigenvalue weighted by Crippen LogP contribution is -2.41. The predicted octanol–water partition coefficient (Wildman–Crippen LogP) is 2.32. The molecule has 0 aromatic heterocycles. The van der Waals surface area contributed by atoms with Gasteiger partial charge in [-0.15, -0.1) is 0 Å². The third-order valence-electron chi connectivity index (χ3n) is 3.51. The monoisotopic (exact) mass is 240 g/mol. The van der Waals surface area contributed by atoms with Gasteiger partial charge in [-0.2, -0.15) is 0 Å². The summed E-state index contributed by atoms with van der Waals surface area (Å²) < 4.78 is 0. The van der Waals surface area contributed by atoms with Crippen molar-refractivity contribution in [3.05, 3.63) is 0 Å². The molecule has 0 saturated heterocycles. The zero-order chi connectivity index (χ0) is 12.7. The van der Waals surface area contributed by atoms with Crippen LogP contribution in [0.15, 0.2) is 0 Å². The molecular weight excluding hydrogens is 212 g/mol. The van der Waals surface area contributed by atoms with Crippen molar-refractivity contribution in [2.75, 3.05) is 13.1 Å². The maximum atomic E-state index is 11.4. The van der Waals surface area contributed by atoms with Crippen molar-refractivity contribution in [3.63, 3.8) is 0 Å². The highest BCUT2D eigenvalue weighted by Crippen LogP contribution is 2.29. The third-order valence-corrected chi connectivity index (χ3v) is 3.51. The van der Waals surface area contributed by atoms with Gasteiger partial charge in [-0.1, -0.05) is 26.7 Å². The van der Waals surface area contributed by atoms with Crippen molar-refractivity contribution in [1.29, 1.82) is 0 Å². The molecule has 1 amide bonds. The van der Waals surface area contributed by atoms with E-state index in [1.165, 1.54) is 32.1 Å². The summed E-state index contributed by atoms with van der Waals surface area (Å²) in [6.07, 6.45) is 6.49. The van der Waals surface area contributed by atoms with E-state index < -0.39 is 0 Å². The van der Waals surface area contributed by atoms with E-state index in [-0.39, 0.29) is 5.91 Å². The molecule has 3 nitrogen and oxygen atoms in total. The second-order valence-corrected chi connectivity index (χ2v) is 5.69. The van der Waals surface area contributed by atoms with Gasteiger partial charge in [0.05, 0.1) is 6.54 Å². The van der Waals surface area contributed by atoms with Gasteiger partial charge in [0.1, 0.15) is 0 Å². The first kappa shape index (κ1) is 14.5. The first-order valence-electron chi connectivity index (χ1n) is 7.11. The average molecular weight is 240 g/mol. The maximum absolute atomic E-state index is 11.4. The molecular formula is C14H28N2O. The van der Waals surface area contributed by atoms with Crippen LogP contribution >= 0.6 is 0 Å². The third kappa shape index (κ3) is 6.06. The van der Waals surface area contributed by atoms with Crippen LogP contribution in [0.3, 0.4) is 0 Å². The summed E-state index contributed by atoms with van der Waals surface area (Å²) in [7, 11) is 0. The molecule has 1 saturated carbocycles. The SMILES string of the molecule is CCNC(=O)CNC1CCCC(CC(C)C)C1. The van der Waals surface area contributed by atoms with Gasteiger partial charge in [-0.25, -0.2) is 0 Å². The second-order valence-electron chi connectivity index (χ2n) is 5.69. The molecule has 2 atom stereocenters. The van der Waals surface area contributed by atoms with Crippen LogP contribution in [-0.4, -0.2) is 25.0 Å². The highest BCUT2D eigenvalue weighted by atomic mass is 16.1. The van der Waals surface area contributed by atoms with E-state index in [4.69, 9.17) is 0 Å². The number of hydrogen-bond acceptors (Lipinski definition) is 2. The van der Waals surface area contributed by atoms with Gasteiger partial charge in [0, 0.05) is 12.6 Å². The predicted molar refractivity (Wildman–Crippen MR) is 71.9 cm³/mol. The lowest BCUT2D eigenvalue weighted by atomic mass is 9.81. The number of likely N-dealkylation sites (N-methyl/N-ethyl adjacent to an activating group) is 1. The molecule has 100 valence electrons. The van der Waals surface area contributed by atoms with Gasteiger partial charge in [0.15, 0.2) is 0 Å². The minimum atomic E-state index is 0.124. The first-order valence-corrected chi connectivity index (χ1v) is 7.11. The van der Waals surface area contributed by atoms with Crippen LogP contribution in [0.4, 0.5) is 0 Å². The van der Waals surface area contributed by atoms with E-state index in [9.17, 15) is 4.79 Å². The minimum Gasteiger partial charge on any atom is -0.355 e. The summed E-state index contributed by atoms with van der Waals surface area (Å²) in [6, 6.07) is 0.551. The Labute approximate surface area is 106 Å². The molecule has 0 aromatic carbocycles. The fourth-order valence-electron chi connectivity index (χ4n) is 2.85. The van der Waals surface area contributed by atoms with Crippen LogP contribution in [0.25, 0.3) is 0 Å². The molecule has 0 aromatic rings. The normalized spacial score (nSPS) is 24.9. The fraction of sp³-hybridized carbons (Fsp3) is 0.929. The second kappa shape index (κ2) is 7.70. The van der Waals surface area contributed by atoms with Gasteiger partial charge >= 0.3 is 0 Å². The molecule has 1 aliphatic carbocycles. The Morgan fingerprint density at radius 2 is 2.12 bits per heavy atom. The van der Waals surface area contributed by atoms with E-state index in [1.807, 2.05) is 6.92 Å². The average Bonchev–Trinajstić information content (AvgIpc) is 2.26. The lowest BCUT2D eigenvalue weighted by Gasteiger charge is -2.30. The van der Waals surface area contributed by atoms with Gasteiger partial charge in [0.25, 0.3) is 0 Å². The van der Waals surface area contributed by atoms with Gasteiger partial charge in [0.2, 0.25) is 5.91 Å². The Bertz CT molecular complexity index is 228. The fourth-order valence-corrected chi connectivity index (χ4v) is 2.85. The smallest absolute Gasteiger partial charge is 0.233 e. The number of carbonyl (C=O) groups is 1.